The zero-order chi connectivity index (χ0) is 14.4. The number of hydrogen-bond donors (Lipinski definition) is 3. The van der Waals surface area contributed by atoms with Gasteiger partial charge in [-0.15, -0.1) is 0 Å². The molecule has 0 aliphatic heterocycles. The van der Waals surface area contributed by atoms with Crippen LogP contribution in [0.1, 0.15) is 24.0 Å². The number of nitrogens with zero attached hydrogens (tertiary/aromatic N) is 1. The van der Waals surface area contributed by atoms with Gasteiger partial charge < -0.3 is 10.4 Å². The number of nitrogens with one attached hydrogen (secondary N) is 2. The minimum Gasteiger partial charge on any atom is -0.481 e. The van der Waals surface area contributed by atoms with Gasteiger partial charge in [0.15, 0.2) is 0 Å². The van der Waals surface area contributed by atoms with Gasteiger partial charge in [0.2, 0.25) is 0 Å². The summed E-state index contributed by atoms with van der Waals surface area (Å²) >= 11 is 0. The lowest BCUT2D eigenvalue weighted by atomic mass is 10.1. The Morgan fingerprint density at radius 3 is 3.05 bits per heavy atom. The summed E-state index contributed by atoms with van der Waals surface area (Å²) in [5.41, 5.74) is 4.42. The fraction of sp³-hybridized carbons (Fsp3) is 0.333. The average molecular weight is 273 g/mol. The Labute approximate surface area is 118 Å². The Kier molecular flexibility index (Phi) is 4.90. The highest BCUT2D eigenvalue weighted by Gasteiger charge is 2.07. The van der Waals surface area contributed by atoms with Gasteiger partial charge in [-0.1, -0.05) is 23.8 Å². The normalized spacial score (nSPS) is 10.7. The Bertz CT molecular complexity index is 578. The molecule has 0 bridgehead atoms. The van der Waals surface area contributed by atoms with Crippen LogP contribution in [0.3, 0.4) is 0 Å². The van der Waals surface area contributed by atoms with Crippen LogP contribution in [0.4, 0.5) is 0 Å². The zero-order valence-electron chi connectivity index (χ0n) is 11.5. The van der Waals surface area contributed by atoms with E-state index in [0.29, 0.717) is 19.5 Å². The molecule has 0 amide bonds. The molecular weight excluding hydrogens is 254 g/mol. The first kappa shape index (κ1) is 14.3. The minimum absolute atomic E-state index is 0.198. The third-order valence-corrected chi connectivity index (χ3v) is 3.08. The SMILES string of the molecule is Cc1cccc(-c2[nH]ncc2CNCCCC(=O)O)c1. The molecule has 0 saturated carbocycles. The molecule has 3 N–H and O–H groups in total. The number of aliphatic carboxylic acids is 1. The van der Waals surface area contributed by atoms with Crippen LogP contribution in [0.15, 0.2) is 30.5 Å². The number of benzene rings is 1. The second-order valence-corrected chi connectivity index (χ2v) is 4.81. The first-order valence-corrected chi connectivity index (χ1v) is 6.68. The number of aryl methyl sites for hydroxylation is 1. The lowest BCUT2D eigenvalue weighted by Crippen LogP contribution is -2.15. The van der Waals surface area contributed by atoms with E-state index >= 15 is 0 Å². The standard InChI is InChI=1S/C15H19N3O2/c1-11-4-2-5-12(8-11)15-13(10-17-18-15)9-16-7-3-6-14(19)20/h2,4-5,8,10,16H,3,6-7,9H2,1H3,(H,17,18)(H,19,20). The summed E-state index contributed by atoms with van der Waals surface area (Å²) in [5, 5.41) is 18.9. The molecule has 0 saturated heterocycles. The second kappa shape index (κ2) is 6.86. The number of carbonyl (C=O) groups is 1. The summed E-state index contributed by atoms with van der Waals surface area (Å²) in [4.78, 5) is 10.4. The van der Waals surface area contributed by atoms with Gasteiger partial charge in [0, 0.05) is 24.1 Å². The van der Waals surface area contributed by atoms with Crippen molar-refractivity contribution in [1.82, 2.24) is 15.5 Å². The molecule has 0 spiro atoms. The predicted molar refractivity (Wildman–Crippen MR) is 77.3 cm³/mol. The van der Waals surface area contributed by atoms with Crippen molar-refractivity contribution in [3.63, 3.8) is 0 Å². The first-order chi connectivity index (χ1) is 9.66. The number of aromatic amines is 1. The van der Waals surface area contributed by atoms with Crippen molar-refractivity contribution in [3.8, 4) is 11.3 Å². The summed E-state index contributed by atoms with van der Waals surface area (Å²) in [5.74, 6) is -0.754. The van der Waals surface area contributed by atoms with Gasteiger partial charge in [-0.05, 0) is 26.0 Å². The Morgan fingerprint density at radius 1 is 1.45 bits per heavy atom. The number of H-pyrrole nitrogens is 1. The van der Waals surface area contributed by atoms with E-state index in [1.807, 2.05) is 12.3 Å². The molecule has 5 heteroatoms. The van der Waals surface area contributed by atoms with Gasteiger partial charge in [0.25, 0.3) is 0 Å². The fourth-order valence-corrected chi connectivity index (χ4v) is 2.08. The van der Waals surface area contributed by atoms with Crippen LogP contribution >= 0.6 is 0 Å². The number of aromatic nitrogens is 2. The van der Waals surface area contributed by atoms with E-state index in [1.54, 1.807) is 0 Å². The van der Waals surface area contributed by atoms with Gasteiger partial charge in [0.05, 0.1) is 11.9 Å². The molecule has 0 radical (unpaired) electrons. The molecule has 0 unspecified atom stereocenters. The summed E-state index contributed by atoms with van der Waals surface area (Å²) in [6.45, 7) is 3.42. The lowest BCUT2D eigenvalue weighted by Gasteiger charge is -2.06. The van der Waals surface area contributed by atoms with E-state index < -0.39 is 5.97 Å². The van der Waals surface area contributed by atoms with Crippen LogP contribution in [0, 0.1) is 6.92 Å². The van der Waals surface area contributed by atoms with Gasteiger partial charge in [-0.3, -0.25) is 9.89 Å². The van der Waals surface area contributed by atoms with Crippen LogP contribution in [-0.2, 0) is 11.3 Å². The molecule has 106 valence electrons. The van der Waals surface area contributed by atoms with Crippen molar-refractivity contribution in [2.45, 2.75) is 26.3 Å². The molecular formula is C15H19N3O2. The second-order valence-electron chi connectivity index (χ2n) is 4.81. The lowest BCUT2D eigenvalue weighted by molar-refractivity contribution is -0.137. The Hall–Kier alpha value is -2.14. The summed E-state index contributed by atoms with van der Waals surface area (Å²) in [7, 11) is 0. The quantitative estimate of drug-likeness (QED) is 0.677. The molecule has 5 nitrogen and oxygen atoms in total. The first-order valence-electron chi connectivity index (χ1n) is 6.68. The molecule has 20 heavy (non-hydrogen) atoms. The van der Waals surface area contributed by atoms with Crippen LogP contribution in [0.2, 0.25) is 0 Å². The van der Waals surface area contributed by atoms with E-state index in [-0.39, 0.29) is 6.42 Å². The monoisotopic (exact) mass is 273 g/mol. The van der Waals surface area contributed by atoms with Crippen molar-refractivity contribution in [2.75, 3.05) is 6.54 Å². The number of carboxylic acid groups (broad SMARTS) is 1. The van der Waals surface area contributed by atoms with Crippen molar-refractivity contribution in [1.29, 1.82) is 0 Å². The third kappa shape index (κ3) is 3.93. The summed E-state index contributed by atoms with van der Waals surface area (Å²) in [6.07, 6.45) is 2.64. The Morgan fingerprint density at radius 2 is 2.30 bits per heavy atom. The molecule has 1 heterocycles. The summed E-state index contributed by atoms with van der Waals surface area (Å²) < 4.78 is 0. The van der Waals surface area contributed by atoms with E-state index in [0.717, 1.165) is 16.8 Å². The maximum absolute atomic E-state index is 10.4. The molecule has 0 aliphatic rings. The maximum Gasteiger partial charge on any atom is 0.303 e. The molecule has 0 fully saturated rings. The van der Waals surface area contributed by atoms with Crippen LogP contribution in [-0.4, -0.2) is 27.8 Å². The van der Waals surface area contributed by atoms with Crippen LogP contribution in [0.5, 0.6) is 0 Å². The van der Waals surface area contributed by atoms with E-state index in [2.05, 4.69) is 40.6 Å². The van der Waals surface area contributed by atoms with E-state index in [9.17, 15) is 4.79 Å². The number of hydrogen-bond acceptors (Lipinski definition) is 3. The zero-order valence-corrected chi connectivity index (χ0v) is 11.5. The smallest absolute Gasteiger partial charge is 0.303 e. The maximum atomic E-state index is 10.4. The number of rotatable bonds is 7. The van der Waals surface area contributed by atoms with Crippen LogP contribution < -0.4 is 5.32 Å². The van der Waals surface area contributed by atoms with Gasteiger partial charge in [-0.25, -0.2) is 0 Å². The van der Waals surface area contributed by atoms with E-state index in [1.165, 1.54) is 5.56 Å². The van der Waals surface area contributed by atoms with Crippen molar-refractivity contribution in [3.05, 3.63) is 41.6 Å². The van der Waals surface area contributed by atoms with E-state index in [4.69, 9.17) is 5.11 Å². The molecule has 1 aromatic heterocycles. The highest BCUT2D eigenvalue weighted by atomic mass is 16.4. The topological polar surface area (TPSA) is 78.0 Å². The van der Waals surface area contributed by atoms with Gasteiger partial charge in [0.1, 0.15) is 0 Å². The van der Waals surface area contributed by atoms with Crippen LogP contribution in [0.25, 0.3) is 11.3 Å². The fourth-order valence-electron chi connectivity index (χ4n) is 2.08. The Balaban J connectivity index is 1.94. The highest BCUT2D eigenvalue weighted by Crippen LogP contribution is 2.21. The molecule has 0 aliphatic carbocycles. The molecule has 0 atom stereocenters. The van der Waals surface area contributed by atoms with Crippen molar-refractivity contribution >= 4 is 5.97 Å². The molecule has 2 rings (SSSR count). The van der Waals surface area contributed by atoms with Crippen molar-refractivity contribution < 1.29 is 9.90 Å². The van der Waals surface area contributed by atoms with Gasteiger partial charge >= 0.3 is 5.97 Å². The highest BCUT2D eigenvalue weighted by molar-refractivity contribution is 5.66. The van der Waals surface area contributed by atoms with Crippen molar-refractivity contribution in [2.24, 2.45) is 0 Å². The average Bonchev–Trinajstić information content (AvgIpc) is 2.86. The van der Waals surface area contributed by atoms with Gasteiger partial charge in [-0.2, -0.15) is 5.10 Å². The molecule has 1 aromatic carbocycles. The molecule has 2 aromatic rings. The predicted octanol–water partition coefficient (Wildman–Crippen LogP) is 2.34. The largest absolute Gasteiger partial charge is 0.481 e. The minimum atomic E-state index is -0.754. The summed E-state index contributed by atoms with van der Waals surface area (Å²) in [6, 6.07) is 8.25. The third-order valence-electron chi connectivity index (χ3n) is 3.08. The number of carboxylic acids is 1.